The average molecular weight is 922 g/mol. The molecule has 0 radical (unpaired) electrons. The van der Waals surface area contributed by atoms with E-state index in [4.69, 9.17) is 32.7 Å². The predicted octanol–water partition coefficient (Wildman–Crippen LogP) is 9.55. The Balaban J connectivity index is 1.64. The zero-order chi connectivity index (χ0) is 46.3. The number of carboxylic acids is 2. The number of nitrogens with zero attached hydrogens (tertiary/aromatic N) is 4. The fourth-order valence-electron chi connectivity index (χ4n) is 5.87. The van der Waals surface area contributed by atoms with Crippen LogP contribution in [-0.2, 0) is 24.7 Å². The van der Waals surface area contributed by atoms with Gasteiger partial charge in [-0.05, 0) is 48.1 Å². The summed E-state index contributed by atoms with van der Waals surface area (Å²) in [7, 11) is 0. The van der Waals surface area contributed by atoms with E-state index in [0.717, 1.165) is 29.4 Å². The van der Waals surface area contributed by atoms with Crippen molar-refractivity contribution in [2.24, 2.45) is 5.41 Å². The SMILES string of the molecule is CC(C)(C)/C(C(=O)O)=C(/CCOC(=O)OCN(C(=O)c1cc(-c2cnn(-c3c(Cl)cc(C(F)(C(F)(F)F)C(F)(F)F)cc3OC(F)(F)F)c2)ccc1Cl)C1(C#N)CC1)C(=O)O. The lowest BCUT2D eigenvalue weighted by molar-refractivity contribution is -0.348. The number of halogens is 12. The van der Waals surface area contributed by atoms with Gasteiger partial charge in [-0.3, -0.25) is 9.69 Å². The van der Waals surface area contributed by atoms with E-state index in [2.05, 4.69) is 9.84 Å². The van der Waals surface area contributed by atoms with Crippen molar-refractivity contribution >= 4 is 47.2 Å². The van der Waals surface area contributed by atoms with Crippen molar-refractivity contribution in [2.45, 2.75) is 70.0 Å². The molecule has 330 valence electrons. The fourth-order valence-corrected chi connectivity index (χ4v) is 6.36. The Morgan fingerprint density at radius 2 is 1.49 bits per heavy atom. The van der Waals surface area contributed by atoms with Crippen LogP contribution in [0.3, 0.4) is 0 Å². The number of carbonyl (C=O) groups excluding carboxylic acids is 2. The Bertz CT molecular complexity index is 2300. The molecule has 1 aliphatic carbocycles. The Hall–Kier alpha value is -5.76. The van der Waals surface area contributed by atoms with Crippen molar-refractivity contribution in [3.05, 3.63) is 75.0 Å². The van der Waals surface area contributed by atoms with Gasteiger partial charge in [-0.25, -0.2) is 23.5 Å². The van der Waals surface area contributed by atoms with Gasteiger partial charge in [0.05, 0.1) is 45.6 Å². The molecule has 1 aliphatic rings. The van der Waals surface area contributed by atoms with E-state index in [1.165, 1.54) is 26.8 Å². The molecule has 4 rings (SSSR count). The van der Waals surface area contributed by atoms with Crippen LogP contribution in [0, 0.1) is 16.7 Å². The highest BCUT2D eigenvalue weighted by molar-refractivity contribution is 6.34. The number of amides is 1. The Labute approximate surface area is 346 Å². The molecule has 2 N–H and O–H groups in total. The number of alkyl halides is 10. The first-order valence-corrected chi connectivity index (χ1v) is 17.6. The summed E-state index contributed by atoms with van der Waals surface area (Å²) in [6, 6.07) is 4.70. The quantitative estimate of drug-likeness (QED) is 0.0721. The average Bonchev–Trinajstić information content (AvgIpc) is 3.75. The second-order valence-electron chi connectivity index (χ2n) is 14.1. The van der Waals surface area contributed by atoms with Crippen LogP contribution < -0.4 is 4.74 Å². The lowest BCUT2D eigenvalue weighted by Crippen LogP contribution is -2.50. The third kappa shape index (κ3) is 10.2. The van der Waals surface area contributed by atoms with Crippen LogP contribution >= 0.6 is 23.2 Å². The number of hydrogen-bond acceptors (Lipinski definition) is 9. The molecular weight excluding hydrogens is 893 g/mol. The summed E-state index contributed by atoms with van der Waals surface area (Å²) >= 11 is 12.2. The van der Waals surface area contributed by atoms with Crippen molar-refractivity contribution in [3.63, 3.8) is 0 Å². The third-order valence-corrected chi connectivity index (χ3v) is 9.49. The van der Waals surface area contributed by atoms with Crippen LogP contribution in [0.1, 0.15) is 56.0 Å². The van der Waals surface area contributed by atoms with Gasteiger partial charge in [0.1, 0.15) is 11.2 Å². The van der Waals surface area contributed by atoms with Crippen LogP contribution in [0.2, 0.25) is 10.0 Å². The van der Waals surface area contributed by atoms with Gasteiger partial charge in [0, 0.05) is 23.7 Å². The molecule has 1 saturated carbocycles. The minimum Gasteiger partial charge on any atom is -0.478 e. The Kier molecular flexibility index (Phi) is 13.3. The molecule has 0 unspecified atom stereocenters. The fraction of sp³-hybridized carbons (Fsp3) is 0.389. The third-order valence-electron chi connectivity index (χ3n) is 8.88. The van der Waals surface area contributed by atoms with Crippen molar-refractivity contribution in [1.82, 2.24) is 14.7 Å². The summed E-state index contributed by atoms with van der Waals surface area (Å²) in [5.41, 5.74) is -13.8. The van der Waals surface area contributed by atoms with E-state index in [9.17, 15) is 78.6 Å². The van der Waals surface area contributed by atoms with Crippen molar-refractivity contribution < 1.29 is 87.5 Å². The van der Waals surface area contributed by atoms with Gasteiger partial charge in [-0.15, -0.1) is 13.2 Å². The lowest BCUT2D eigenvalue weighted by atomic mass is 9.82. The van der Waals surface area contributed by atoms with Crippen LogP contribution in [0.25, 0.3) is 16.8 Å². The molecule has 0 spiro atoms. The second-order valence-corrected chi connectivity index (χ2v) is 14.9. The lowest BCUT2D eigenvalue weighted by Gasteiger charge is -2.31. The number of rotatable bonds is 13. The molecule has 1 fully saturated rings. The van der Waals surface area contributed by atoms with Crippen molar-refractivity contribution in [2.75, 3.05) is 13.3 Å². The summed E-state index contributed by atoms with van der Waals surface area (Å²) in [5.74, 6) is -5.94. The predicted molar refractivity (Wildman–Crippen MR) is 188 cm³/mol. The van der Waals surface area contributed by atoms with Crippen LogP contribution in [-0.4, -0.2) is 86.5 Å². The van der Waals surface area contributed by atoms with E-state index >= 15 is 0 Å². The van der Waals surface area contributed by atoms with Gasteiger partial charge < -0.3 is 24.4 Å². The topological polar surface area (TPSA) is 181 Å². The van der Waals surface area contributed by atoms with Crippen LogP contribution in [0.5, 0.6) is 5.75 Å². The molecule has 3 aromatic rings. The first kappa shape index (κ1) is 47.9. The number of hydrogen-bond donors (Lipinski definition) is 2. The zero-order valence-corrected chi connectivity index (χ0v) is 32.7. The summed E-state index contributed by atoms with van der Waals surface area (Å²) in [6.45, 7) is 2.75. The van der Waals surface area contributed by atoms with E-state index < -0.39 is 118 Å². The number of carboxylic acid groups (broad SMARTS) is 2. The molecule has 2 aromatic carbocycles. The highest BCUT2D eigenvalue weighted by Crippen LogP contribution is 2.55. The molecule has 1 amide bonds. The van der Waals surface area contributed by atoms with E-state index in [1.807, 2.05) is 6.07 Å². The largest absolute Gasteiger partial charge is 0.573 e. The minimum absolute atomic E-state index is 0.0118. The number of ether oxygens (including phenoxy) is 3. The van der Waals surface area contributed by atoms with Gasteiger partial charge in [0.15, 0.2) is 12.5 Å². The minimum atomic E-state index is -6.72. The molecule has 1 aromatic heterocycles. The standard InChI is InChI=1S/C36H28Cl2F10N4O9/c1-31(2,3)25(29(56)57)20(28(54)55)6-9-59-30(58)60-16-51(32(15-49)7-8-32)27(53)21-10-17(4-5-22(21)37)18-13-50-52(14-18)26-23(38)11-19(12-24(26)61-36(46,47)48)33(39,34(40,41)42)35(43,44)45/h4-5,10-14H,6-9,16H2,1-3H3,(H,54,55)(H,56,57)/b25-20-. The maximum Gasteiger partial charge on any atom is 0.573 e. The molecule has 0 bridgehead atoms. The van der Waals surface area contributed by atoms with Crippen molar-refractivity contribution in [3.8, 4) is 28.6 Å². The zero-order valence-electron chi connectivity index (χ0n) is 31.2. The number of nitriles is 1. The van der Waals surface area contributed by atoms with Gasteiger partial charge >= 0.3 is 42.5 Å². The molecule has 0 atom stereocenters. The molecule has 13 nitrogen and oxygen atoms in total. The summed E-state index contributed by atoms with van der Waals surface area (Å²) < 4.78 is 150. The van der Waals surface area contributed by atoms with Crippen LogP contribution in [0.4, 0.5) is 48.7 Å². The van der Waals surface area contributed by atoms with Crippen molar-refractivity contribution in [1.29, 1.82) is 5.26 Å². The van der Waals surface area contributed by atoms with Gasteiger partial charge in [-0.1, -0.05) is 50.0 Å². The summed E-state index contributed by atoms with van der Waals surface area (Å²) in [5, 5.41) is 31.2. The van der Waals surface area contributed by atoms with Gasteiger partial charge in [0.2, 0.25) is 0 Å². The smallest absolute Gasteiger partial charge is 0.478 e. The summed E-state index contributed by atoms with van der Waals surface area (Å²) in [6.07, 6.45) is -19.3. The van der Waals surface area contributed by atoms with E-state index in [-0.39, 0.29) is 40.6 Å². The normalized spacial score (nSPS) is 14.7. The van der Waals surface area contributed by atoms with Gasteiger partial charge in [-0.2, -0.15) is 36.7 Å². The number of benzene rings is 2. The monoisotopic (exact) mass is 920 g/mol. The molecule has 1 heterocycles. The molecule has 0 saturated heterocycles. The maximum absolute atomic E-state index is 14.9. The van der Waals surface area contributed by atoms with Gasteiger partial charge in [0.25, 0.3) is 5.91 Å². The number of aromatic nitrogens is 2. The Morgan fingerprint density at radius 3 is 1.98 bits per heavy atom. The highest BCUT2D eigenvalue weighted by atomic mass is 35.5. The van der Waals surface area contributed by atoms with E-state index in [0.29, 0.717) is 4.68 Å². The number of aliphatic carboxylic acids is 2. The number of carbonyl (C=O) groups is 4. The molecule has 0 aliphatic heterocycles. The first-order chi connectivity index (χ1) is 27.9. The first-order valence-electron chi connectivity index (χ1n) is 16.9. The van der Waals surface area contributed by atoms with E-state index in [1.54, 1.807) is 0 Å². The second kappa shape index (κ2) is 16.9. The molecule has 25 heteroatoms. The maximum atomic E-state index is 14.9. The Morgan fingerprint density at radius 1 is 0.885 bits per heavy atom. The molecular formula is C36H28Cl2F10N4O9. The van der Waals surface area contributed by atoms with Crippen LogP contribution in [0.15, 0.2) is 53.9 Å². The molecule has 61 heavy (non-hydrogen) atoms. The highest BCUT2D eigenvalue weighted by Gasteiger charge is 2.73. The summed E-state index contributed by atoms with van der Waals surface area (Å²) in [4.78, 5) is 50.8.